The molecule has 0 aliphatic carbocycles. The molecular formula is C20H17ClO6. The lowest BCUT2D eigenvalue weighted by molar-refractivity contribution is 0.0978. The van der Waals surface area contributed by atoms with Crippen molar-refractivity contribution in [3.05, 3.63) is 64.0 Å². The molecule has 6 nitrogen and oxygen atoms in total. The fraction of sp³-hybridized carbons (Fsp3) is 0.200. The highest BCUT2D eigenvalue weighted by molar-refractivity contribution is 6.32. The molecule has 27 heavy (non-hydrogen) atoms. The summed E-state index contributed by atoms with van der Waals surface area (Å²) < 4.78 is 21.0. The molecule has 0 fully saturated rings. The summed E-state index contributed by atoms with van der Waals surface area (Å²) in [5.74, 6) is 0.566. The van der Waals surface area contributed by atoms with Gasteiger partial charge in [-0.2, -0.15) is 0 Å². The molecule has 0 aliphatic rings. The molecule has 0 saturated carbocycles. The van der Waals surface area contributed by atoms with Gasteiger partial charge >= 0.3 is 6.16 Å². The molecule has 0 spiro atoms. The van der Waals surface area contributed by atoms with E-state index in [1.807, 2.05) is 6.92 Å². The SMILES string of the molecule is CCCCOC(=O)Oc1ccc2c(=O)c(Oc3ccccc3Cl)coc2c1. The van der Waals surface area contributed by atoms with Crippen molar-refractivity contribution in [2.24, 2.45) is 0 Å². The van der Waals surface area contributed by atoms with Crippen LogP contribution in [-0.4, -0.2) is 12.8 Å². The third kappa shape index (κ3) is 4.60. The van der Waals surface area contributed by atoms with Gasteiger partial charge in [0.05, 0.1) is 17.0 Å². The molecule has 0 unspecified atom stereocenters. The summed E-state index contributed by atoms with van der Waals surface area (Å²) in [5.41, 5.74) is -0.112. The zero-order chi connectivity index (χ0) is 19.2. The molecule has 3 rings (SSSR count). The number of rotatable bonds is 6. The zero-order valence-electron chi connectivity index (χ0n) is 14.6. The van der Waals surface area contributed by atoms with E-state index in [1.54, 1.807) is 24.3 Å². The Balaban J connectivity index is 1.80. The first-order chi connectivity index (χ1) is 13.1. The standard InChI is InChI=1S/C20H17ClO6/c1-2-3-10-24-20(23)26-13-8-9-14-17(11-13)25-12-18(19(14)22)27-16-7-5-4-6-15(16)21/h4-9,11-12H,2-3,10H2,1H3. The van der Waals surface area contributed by atoms with Crippen LogP contribution >= 0.6 is 11.6 Å². The Labute approximate surface area is 160 Å². The van der Waals surface area contributed by atoms with Crippen LogP contribution in [0.2, 0.25) is 5.02 Å². The molecule has 0 N–H and O–H groups in total. The molecule has 0 radical (unpaired) electrons. The maximum atomic E-state index is 12.6. The van der Waals surface area contributed by atoms with Gasteiger partial charge in [-0.1, -0.05) is 37.1 Å². The van der Waals surface area contributed by atoms with E-state index in [1.165, 1.54) is 24.5 Å². The first kappa shape index (κ1) is 18.8. The minimum Gasteiger partial charge on any atom is -0.460 e. The quantitative estimate of drug-likeness (QED) is 0.313. The van der Waals surface area contributed by atoms with Gasteiger partial charge in [0.15, 0.2) is 0 Å². The lowest BCUT2D eigenvalue weighted by Crippen LogP contribution is -2.11. The Hall–Kier alpha value is -2.99. The van der Waals surface area contributed by atoms with Crippen molar-refractivity contribution in [2.45, 2.75) is 19.8 Å². The fourth-order valence-corrected chi connectivity index (χ4v) is 2.47. The van der Waals surface area contributed by atoms with Gasteiger partial charge < -0.3 is 18.6 Å². The summed E-state index contributed by atoms with van der Waals surface area (Å²) in [7, 11) is 0. The molecule has 0 atom stereocenters. The molecular weight excluding hydrogens is 372 g/mol. The predicted octanol–water partition coefficient (Wildman–Crippen LogP) is 5.55. The van der Waals surface area contributed by atoms with Gasteiger partial charge in [-0.3, -0.25) is 4.79 Å². The predicted molar refractivity (Wildman–Crippen MR) is 101 cm³/mol. The van der Waals surface area contributed by atoms with Gasteiger partial charge in [-0.15, -0.1) is 0 Å². The number of para-hydroxylation sites is 1. The number of halogens is 1. The van der Waals surface area contributed by atoms with Gasteiger partial charge in [0.25, 0.3) is 0 Å². The Bertz CT molecular complexity index is 1010. The van der Waals surface area contributed by atoms with E-state index in [4.69, 9.17) is 30.2 Å². The highest BCUT2D eigenvalue weighted by Gasteiger charge is 2.13. The molecule has 7 heteroatoms. The average molecular weight is 389 g/mol. The van der Waals surface area contributed by atoms with E-state index in [9.17, 15) is 9.59 Å². The van der Waals surface area contributed by atoms with Crippen molar-refractivity contribution in [3.8, 4) is 17.2 Å². The van der Waals surface area contributed by atoms with E-state index in [2.05, 4.69) is 0 Å². The summed E-state index contributed by atoms with van der Waals surface area (Å²) >= 11 is 6.04. The Kier molecular flexibility index (Phi) is 5.98. The second-order valence-corrected chi connectivity index (χ2v) is 6.08. The number of ether oxygens (including phenoxy) is 3. The average Bonchev–Trinajstić information content (AvgIpc) is 2.66. The van der Waals surface area contributed by atoms with Crippen molar-refractivity contribution in [1.29, 1.82) is 0 Å². The third-order valence-electron chi connectivity index (χ3n) is 3.69. The van der Waals surface area contributed by atoms with Gasteiger partial charge in [-0.05, 0) is 30.7 Å². The van der Waals surface area contributed by atoms with Crippen LogP contribution in [-0.2, 0) is 4.74 Å². The second kappa shape index (κ2) is 8.60. The van der Waals surface area contributed by atoms with Crippen molar-refractivity contribution < 1.29 is 23.4 Å². The molecule has 0 amide bonds. The van der Waals surface area contributed by atoms with E-state index in [0.29, 0.717) is 17.4 Å². The molecule has 1 aromatic heterocycles. The normalized spacial score (nSPS) is 10.6. The van der Waals surface area contributed by atoms with Crippen molar-refractivity contribution in [1.82, 2.24) is 0 Å². The Morgan fingerprint density at radius 3 is 2.74 bits per heavy atom. The monoisotopic (exact) mass is 388 g/mol. The number of hydrogen-bond donors (Lipinski definition) is 0. The van der Waals surface area contributed by atoms with Crippen LogP contribution in [0, 0.1) is 0 Å². The number of hydrogen-bond acceptors (Lipinski definition) is 6. The number of carbonyl (C=O) groups excluding carboxylic acids is 1. The van der Waals surface area contributed by atoms with Gasteiger partial charge in [0.2, 0.25) is 11.2 Å². The maximum Gasteiger partial charge on any atom is 0.513 e. The second-order valence-electron chi connectivity index (χ2n) is 5.67. The summed E-state index contributed by atoms with van der Waals surface area (Å²) in [6, 6.07) is 11.2. The number of benzene rings is 2. The highest BCUT2D eigenvalue weighted by atomic mass is 35.5. The Morgan fingerprint density at radius 2 is 1.96 bits per heavy atom. The molecule has 1 heterocycles. The van der Waals surface area contributed by atoms with Crippen LogP contribution in [0.4, 0.5) is 4.79 Å². The van der Waals surface area contributed by atoms with Gasteiger partial charge in [-0.25, -0.2) is 4.79 Å². The van der Waals surface area contributed by atoms with Crippen LogP contribution in [0.3, 0.4) is 0 Å². The molecule has 0 bridgehead atoms. The lowest BCUT2D eigenvalue weighted by Gasteiger charge is -2.08. The molecule has 0 aliphatic heterocycles. The van der Waals surface area contributed by atoms with E-state index in [-0.39, 0.29) is 27.9 Å². The topological polar surface area (TPSA) is 75.0 Å². The lowest BCUT2D eigenvalue weighted by atomic mass is 10.2. The summed E-state index contributed by atoms with van der Waals surface area (Å²) in [6.45, 7) is 2.28. The molecule has 3 aromatic rings. The summed E-state index contributed by atoms with van der Waals surface area (Å²) in [5, 5.41) is 0.661. The fourth-order valence-electron chi connectivity index (χ4n) is 2.30. The van der Waals surface area contributed by atoms with Crippen molar-refractivity contribution in [3.63, 3.8) is 0 Å². The minimum absolute atomic E-state index is 0.00300. The number of fused-ring (bicyclic) bond motifs is 1. The molecule has 140 valence electrons. The Morgan fingerprint density at radius 1 is 1.15 bits per heavy atom. The van der Waals surface area contributed by atoms with Crippen LogP contribution in [0.15, 0.2) is 57.9 Å². The van der Waals surface area contributed by atoms with Crippen LogP contribution < -0.4 is 14.9 Å². The third-order valence-corrected chi connectivity index (χ3v) is 4.00. The minimum atomic E-state index is -0.802. The number of unbranched alkanes of at least 4 members (excludes halogenated alkanes) is 1. The summed E-state index contributed by atoms with van der Waals surface area (Å²) in [4.78, 5) is 24.2. The van der Waals surface area contributed by atoms with Crippen molar-refractivity contribution >= 4 is 28.7 Å². The molecule has 2 aromatic carbocycles. The highest BCUT2D eigenvalue weighted by Crippen LogP contribution is 2.29. The molecule has 0 saturated heterocycles. The number of carbonyl (C=O) groups is 1. The first-order valence-electron chi connectivity index (χ1n) is 8.41. The van der Waals surface area contributed by atoms with E-state index >= 15 is 0 Å². The van der Waals surface area contributed by atoms with E-state index in [0.717, 1.165) is 12.8 Å². The van der Waals surface area contributed by atoms with Crippen molar-refractivity contribution in [2.75, 3.05) is 6.61 Å². The van der Waals surface area contributed by atoms with E-state index < -0.39 is 6.16 Å². The van der Waals surface area contributed by atoms with Gasteiger partial charge in [0.1, 0.15) is 23.3 Å². The zero-order valence-corrected chi connectivity index (χ0v) is 15.3. The van der Waals surface area contributed by atoms with Crippen LogP contribution in [0.5, 0.6) is 17.2 Å². The van der Waals surface area contributed by atoms with Gasteiger partial charge in [0, 0.05) is 6.07 Å². The van der Waals surface area contributed by atoms with Crippen LogP contribution in [0.1, 0.15) is 19.8 Å². The largest absolute Gasteiger partial charge is 0.513 e. The summed E-state index contributed by atoms with van der Waals surface area (Å²) in [6.07, 6.45) is 2.06. The first-order valence-corrected chi connectivity index (χ1v) is 8.79. The van der Waals surface area contributed by atoms with Crippen LogP contribution in [0.25, 0.3) is 11.0 Å². The smallest absolute Gasteiger partial charge is 0.460 e. The maximum absolute atomic E-state index is 12.6.